The van der Waals surface area contributed by atoms with Gasteiger partial charge in [0.05, 0.1) is 0 Å². The molecule has 4 N–H and O–H groups in total. The van der Waals surface area contributed by atoms with Gasteiger partial charge in [-0.2, -0.15) is 9.97 Å². The maximum absolute atomic E-state index is 5.76. The maximum atomic E-state index is 5.76. The van der Waals surface area contributed by atoms with E-state index < -0.39 is 0 Å². The molecule has 1 aliphatic carbocycles. The average Bonchev–Trinajstić information content (AvgIpc) is 2.64. The summed E-state index contributed by atoms with van der Waals surface area (Å²) in [6, 6.07) is 2.48. The largest absolute Gasteiger partial charge is 0.370 e. The van der Waals surface area contributed by atoms with Crippen molar-refractivity contribution in [3.8, 4) is 0 Å². The smallest absolute Gasteiger partial charge is 0.223 e. The first kappa shape index (κ1) is 13.9. The molecule has 19 heavy (non-hydrogen) atoms. The number of rotatable bonds is 5. The summed E-state index contributed by atoms with van der Waals surface area (Å²) in [6.07, 6.45) is 8.83. The van der Waals surface area contributed by atoms with Crippen molar-refractivity contribution >= 4 is 17.6 Å². The lowest BCUT2D eigenvalue weighted by Crippen LogP contribution is -2.20. The van der Waals surface area contributed by atoms with Gasteiger partial charge in [-0.05, 0) is 19.3 Å². The van der Waals surface area contributed by atoms with Crippen LogP contribution in [-0.2, 0) is 0 Å². The van der Waals surface area contributed by atoms with Crippen LogP contribution < -0.4 is 16.4 Å². The van der Waals surface area contributed by atoms with Gasteiger partial charge in [-0.25, -0.2) is 0 Å². The second kappa shape index (κ2) is 7.16. The monoisotopic (exact) mass is 263 g/mol. The fourth-order valence-electron chi connectivity index (χ4n) is 2.52. The van der Waals surface area contributed by atoms with Gasteiger partial charge >= 0.3 is 0 Å². The van der Waals surface area contributed by atoms with E-state index in [1.54, 1.807) is 0 Å². The minimum atomic E-state index is 0.331. The molecule has 0 saturated heterocycles. The molecule has 1 saturated carbocycles. The molecule has 0 bridgehead atoms. The standard InChI is InChI=1S/C14H25N5/c1-2-9-16-12-10-13(19-14(15)18-12)17-11-7-5-3-4-6-8-11/h10-11H,2-9H2,1H3,(H4,15,16,17,18,19). The summed E-state index contributed by atoms with van der Waals surface area (Å²) in [7, 11) is 0. The van der Waals surface area contributed by atoms with Crippen LogP contribution in [0.25, 0.3) is 0 Å². The summed E-state index contributed by atoms with van der Waals surface area (Å²) < 4.78 is 0. The Labute approximate surface area is 115 Å². The Hall–Kier alpha value is -1.52. The van der Waals surface area contributed by atoms with Crippen molar-refractivity contribution in [2.45, 2.75) is 57.9 Å². The molecule has 1 aliphatic rings. The lowest BCUT2D eigenvalue weighted by atomic mass is 10.1. The lowest BCUT2D eigenvalue weighted by Gasteiger charge is -2.17. The number of aromatic nitrogens is 2. The van der Waals surface area contributed by atoms with E-state index in [-0.39, 0.29) is 0 Å². The van der Waals surface area contributed by atoms with Crippen LogP contribution in [0, 0.1) is 0 Å². The molecule has 1 heterocycles. The molecular weight excluding hydrogens is 238 g/mol. The van der Waals surface area contributed by atoms with Crippen LogP contribution in [0.5, 0.6) is 0 Å². The second-order valence-electron chi connectivity index (χ2n) is 5.26. The van der Waals surface area contributed by atoms with E-state index in [1.807, 2.05) is 6.07 Å². The van der Waals surface area contributed by atoms with E-state index in [9.17, 15) is 0 Å². The van der Waals surface area contributed by atoms with Crippen molar-refractivity contribution in [1.82, 2.24) is 9.97 Å². The Kier molecular flexibility index (Phi) is 5.24. The van der Waals surface area contributed by atoms with Gasteiger partial charge in [0.2, 0.25) is 5.95 Å². The number of nitrogens with two attached hydrogens (primary N) is 1. The van der Waals surface area contributed by atoms with Crippen LogP contribution in [0.2, 0.25) is 0 Å². The molecule has 1 fully saturated rings. The zero-order valence-electron chi connectivity index (χ0n) is 11.8. The normalized spacial score (nSPS) is 16.9. The molecular formula is C14H25N5. The molecule has 0 radical (unpaired) electrons. The van der Waals surface area contributed by atoms with Crippen LogP contribution >= 0.6 is 0 Å². The molecule has 0 spiro atoms. The maximum Gasteiger partial charge on any atom is 0.223 e. The van der Waals surface area contributed by atoms with Crippen molar-refractivity contribution < 1.29 is 0 Å². The number of hydrogen-bond acceptors (Lipinski definition) is 5. The van der Waals surface area contributed by atoms with Gasteiger partial charge in [-0.1, -0.05) is 32.6 Å². The van der Waals surface area contributed by atoms with E-state index >= 15 is 0 Å². The molecule has 0 atom stereocenters. The zero-order valence-corrected chi connectivity index (χ0v) is 11.8. The Morgan fingerprint density at radius 3 is 2.53 bits per heavy atom. The first-order chi connectivity index (χ1) is 9.28. The highest BCUT2D eigenvalue weighted by Crippen LogP contribution is 2.21. The van der Waals surface area contributed by atoms with E-state index in [0.29, 0.717) is 12.0 Å². The first-order valence-electron chi connectivity index (χ1n) is 7.43. The quantitative estimate of drug-likeness (QED) is 0.712. The third-order valence-corrected chi connectivity index (χ3v) is 3.51. The van der Waals surface area contributed by atoms with Gasteiger partial charge in [0.15, 0.2) is 0 Å². The van der Waals surface area contributed by atoms with Crippen LogP contribution in [0.15, 0.2) is 6.07 Å². The van der Waals surface area contributed by atoms with Crippen LogP contribution in [-0.4, -0.2) is 22.6 Å². The van der Waals surface area contributed by atoms with Crippen molar-refractivity contribution in [1.29, 1.82) is 0 Å². The third-order valence-electron chi connectivity index (χ3n) is 3.51. The zero-order chi connectivity index (χ0) is 13.5. The highest BCUT2D eigenvalue weighted by atomic mass is 15.1. The molecule has 1 aromatic rings. The van der Waals surface area contributed by atoms with E-state index in [2.05, 4.69) is 27.5 Å². The van der Waals surface area contributed by atoms with Gasteiger partial charge < -0.3 is 16.4 Å². The molecule has 0 aromatic carbocycles. The summed E-state index contributed by atoms with van der Waals surface area (Å²) in [5, 5.41) is 6.76. The van der Waals surface area contributed by atoms with E-state index in [4.69, 9.17) is 5.73 Å². The van der Waals surface area contributed by atoms with Crippen molar-refractivity contribution in [3.63, 3.8) is 0 Å². The number of hydrogen-bond donors (Lipinski definition) is 3. The number of nitrogens with zero attached hydrogens (tertiary/aromatic N) is 2. The minimum absolute atomic E-state index is 0.331. The van der Waals surface area contributed by atoms with Crippen molar-refractivity contribution in [3.05, 3.63) is 6.07 Å². The number of nitrogen functional groups attached to an aromatic ring is 1. The number of nitrogens with one attached hydrogen (secondary N) is 2. The molecule has 0 amide bonds. The van der Waals surface area contributed by atoms with Gasteiger partial charge in [-0.15, -0.1) is 0 Å². The summed E-state index contributed by atoms with van der Waals surface area (Å²) in [6.45, 7) is 3.03. The molecule has 2 rings (SSSR count). The Morgan fingerprint density at radius 1 is 1.16 bits per heavy atom. The molecule has 106 valence electrons. The molecule has 1 aromatic heterocycles. The van der Waals surface area contributed by atoms with Crippen molar-refractivity contribution in [2.24, 2.45) is 0 Å². The van der Waals surface area contributed by atoms with Crippen molar-refractivity contribution in [2.75, 3.05) is 22.9 Å². The predicted octanol–water partition coefficient (Wildman–Crippen LogP) is 3.02. The minimum Gasteiger partial charge on any atom is -0.370 e. The van der Waals surface area contributed by atoms with Gasteiger partial charge in [0.1, 0.15) is 11.6 Å². The molecule has 0 aliphatic heterocycles. The lowest BCUT2D eigenvalue weighted by molar-refractivity contribution is 0.617. The van der Waals surface area contributed by atoms with Gasteiger partial charge in [0.25, 0.3) is 0 Å². The van der Waals surface area contributed by atoms with E-state index in [1.165, 1.54) is 38.5 Å². The molecule has 5 nitrogen and oxygen atoms in total. The Morgan fingerprint density at radius 2 is 1.84 bits per heavy atom. The Balaban J connectivity index is 1.99. The van der Waals surface area contributed by atoms with Gasteiger partial charge in [0, 0.05) is 18.7 Å². The van der Waals surface area contributed by atoms with E-state index in [0.717, 1.165) is 24.6 Å². The molecule has 5 heteroatoms. The summed E-state index contributed by atoms with van der Waals surface area (Å²) in [4.78, 5) is 8.48. The van der Waals surface area contributed by atoms with Crippen LogP contribution in [0.1, 0.15) is 51.9 Å². The summed E-state index contributed by atoms with van der Waals surface area (Å²) in [5.41, 5.74) is 5.76. The summed E-state index contributed by atoms with van der Waals surface area (Å²) >= 11 is 0. The van der Waals surface area contributed by atoms with Crippen LogP contribution in [0.3, 0.4) is 0 Å². The topological polar surface area (TPSA) is 75.9 Å². The third kappa shape index (κ3) is 4.58. The van der Waals surface area contributed by atoms with Crippen LogP contribution in [0.4, 0.5) is 17.6 Å². The highest BCUT2D eigenvalue weighted by molar-refractivity contribution is 5.51. The predicted molar refractivity (Wildman–Crippen MR) is 80.3 cm³/mol. The SMILES string of the molecule is CCCNc1cc(NC2CCCCCC2)nc(N)n1. The fraction of sp³-hybridized carbons (Fsp3) is 0.714. The average molecular weight is 263 g/mol. The first-order valence-corrected chi connectivity index (χ1v) is 7.43. The fourth-order valence-corrected chi connectivity index (χ4v) is 2.52. The summed E-state index contributed by atoms with van der Waals surface area (Å²) in [5.74, 6) is 1.99. The molecule has 0 unspecified atom stereocenters. The Bertz CT molecular complexity index is 385. The highest BCUT2D eigenvalue weighted by Gasteiger charge is 2.13. The number of anilines is 3. The van der Waals surface area contributed by atoms with Gasteiger partial charge in [-0.3, -0.25) is 0 Å². The second-order valence-corrected chi connectivity index (χ2v) is 5.26.